The van der Waals surface area contributed by atoms with E-state index in [0.29, 0.717) is 35.2 Å². The fourth-order valence-electron chi connectivity index (χ4n) is 1.93. The summed E-state index contributed by atoms with van der Waals surface area (Å²) in [4.78, 5) is 16.4. The lowest BCUT2D eigenvalue weighted by Gasteiger charge is -2.11. The summed E-state index contributed by atoms with van der Waals surface area (Å²) in [5, 5.41) is 6.40. The van der Waals surface area contributed by atoms with Gasteiger partial charge in [-0.3, -0.25) is 9.78 Å². The Morgan fingerprint density at radius 2 is 2.09 bits per heavy atom. The average molecular weight is 336 g/mol. The average Bonchev–Trinajstić information content (AvgIpc) is 2.55. The molecule has 1 aromatic carbocycles. The van der Waals surface area contributed by atoms with Gasteiger partial charge in [0.25, 0.3) is 5.91 Å². The van der Waals surface area contributed by atoms with Gasteiger partial charge in [0.1, 0.15) is 5.75 Å². The van der Waals surface area contributed by atoms with Crippen LogP contribution in [0.4, 0.5) is 11.4 Å². The fourth-order valence-corrected chi connectivity index (χ4v) is 2.10. The first-order chi connectivity index (χ1) is 11.1. The van der Waals surface area contributed by atoms with Crippen LogP contribution in [-0.4, -0.2) is 38.3 Å². The summed E-state index contributed by atoms with van der Waals surface area (Å²) in [7, 11) is 3.16. The van der Waals surface area contributed by atoms with Crippen LogP contribution in [0.25, 0.3) is 0 Å². The van der Waals surface area contributed by atoms with Crippen LogP contribution in [0.5, 0.6) is 5.75 Å². The standard InChI is InChI=1S/C16H18ClN3O3/c1-22-6-5-19-13-7-11(9-18-10-13)16(21)20-14-8-12(17)3-4-15(14)23-2/h3-4,7-10,19H,5-6H2,1-2H3,(H,20,21). The van der Waals surface area contributed by atoms with Crippen molar-refractivity contribution in [2.75, 3.05) is 38.0 Å². The lowest BCUT2D eigenvalue weighted by atomic mass is 10.2. The number of halogens is 1. The Bertz CT molecular complexity index is 679. The number of carbonyl (C=O) groups is 1. The molecule has 0 bridgehead atoms. The third-order valence-corrected chi connectivity index (χ3v) is 3.28. The highest BCUT2D eigenvalue weighted by Gasteiger charge is 2.11. The van der Waals surface area contributed by atoms with E-state index in [1.54, 1.807) is 37.6 Å². The Kier molecular flexibility index (Phi) is 6.19. The highest BCUT2D eigenvalue weighted by molar-refractivity contribution is 6.31. The molecule has 1 amide bonds. The number of carbonyl (C=O) groups excluding carboxylic acids is 1. The minimum atomic E-state index is -0.298. The van der Waals surface area contributed by atoms with Gasteiger partial charge >= 0.3 is 0 Å². The number of pyridine rings is 1. The molecule has 0 fully saturated rings. The lowest BCUT2D eigenvalue weighted by Crippen LogP contribution is -2.14. The van der Waals surface area contributed by atoms with Gasteiger partial charge in [0.05, 0.1) is 30.7 Å². The molecule has 0 saturated heterocycles. The molecule has 1 aromatic heterocycles. The van der Waals surface area contributed by atoms with Gasteiger partial charge in [0.2, 0.25) is 0 Å². The minimum absolute atomic E-state index is 0.298. The Balaban J connectivity index is 2.11. The van der Waals surface area contributed by atoms with Crippen molar-refractivity contribution in [3.8, 4) is 5.75 Å². The molecule has 0 atom stereocenters. The Morgan fingerprint density at radius 3 is 2.83 bits per heavy atom. The van der Waals surface area contributed by atoms with Gasteiger partial charge in [-0.15, -0.1) is 0 Å². The largest absolute Gasteiger partial charge is 0.495 e. The van der Waals surface area contributed by atoms with Crippen LogP contribution >= 0.6 is 11.6 Å². The molecule has 6 nitrogen and oxygen atoms in total. The summed E-state index contributed by atoms with van der Waals surface area (Å²) in [6.07, 6.45) is 3.14. The van der Waals surface area contributed by atoms with E-state index >= 15 is 0 Å². The number of hydrogen-bond donors (Lipinski definition) is 2. The molecule has 0 aliphatic heterocycles. The van der Waals surface area contributed by atoms with E-state index in [1.165, 1.54) is 13.3 Å². The van der Waals surface area contributed by atoms with Crippen molar-refractivity contribution >= 4 is 28.9 Å². The molecule has 0 aliphatic rings. The van der Waals surface area contributed by atoms with Gasteiger partial charge in [-0.1, -0.05) is 11.6 Å². The van der Waals surface area contributed by atoms with Crippen LogP contribution < -0.4 is 15.4 Å². The topological polar surface area (TPSA) is 72.5 Å². The second-order valence-electron chi connectivity index (χ2n) is 4.68. The Morgan fingerprint density at radius 1 is 1.26 bits per heavy atom. The fraction of sp³-hybridized carbons (Fsp3) is 0.250. The number of anilines is 2. The Hall–Kier alpha value is -2.31. The Labute approximate surface area is 139 Å². The van der Waals surface area contributed by atoms with E-state index in [9.17, 15) is 4.79 Å². The van der Waals surface area contributed by atoms with Gasteiger partial charge in [0.15, 0.2) is 0 Å². The zero-order valence-electron chi connectivity index (χ0n) is 12.9. The van der Waals surface area contributed by atoms with E-state index in [0.717, 1.165) is 5.69 Å². The molecule has 2 aromatic rings. The highest BCUT2D eigenvalue weighted by atomic mass is 35.5. The molecule has 0 spiro atoms. The normalized spacial score (nSPS) is 10.2. The molecule has 0 radical (unpaired) electrons. The number of benzene rings is 1. The van der Waals surface area contributed by atoms with E-state index in [1.807, 2.05) is 0 Å². The number of ether oxygens (including phenoxy) is 2. The molecule has 1 heterocycles. The van der Waals surface area contributed by atoms with Gasteiger partial charge in [0, 0.05) is 31.1 Å². The number of nitrogens with zero attached hydrogens (tertiary/aromatic N) is 1. The van der Waals surface area contributed by atoms with Crippen LogP contribution in [0.3, 0.4) is 0 Å². The first-order valence-corrected chi connectivity index (χ1v) is 7.34. The molecule has 0 aliphatic carbocycles. The molecular weight excluding hydrogens is 318 g/mol. The van der Waals surface area contributed by atoms with Crippen molar-refractivity contribution in [1.29, 1.82) is 0 Å². The van der Waals surface area contributed by atoms with Gasteiger partial charge in [-0.2, -0.15) is 0 Å². The molecule has 2 N–H and O–H groups in total. The van der Waals surface area contributed by atoms with Gasteiger partial charge in [-0.25, -0.2) is 0 Å². The van der Waals surface area contributed by atoms with Crippen molar-refractivity contribution in [2.24, 2.45) is 0 Å². The van der Waals surface area contributed by atoms with Crippen LogP contribution in [0.15, 0.2) is 36.7 Å². The molecule has 0 saturated carbocycles. The predicted molar refractivity (Wildman–Crippen MR) is 90.6 cm³/mol. The van der Waals surface area contributed by atoms with Crippen molar-refractivity contribution in [2.45, 2.75) is 0 Å². The first-order valence-electron chi connectivity index (χ1n) is 6.97. The number of nitrogens with one attached hydrogen (secondary N) is 2. The monoisotopic (exact) mass is 335 g/mol. The molecule has 7 heteroatoms. The van der Waals surface area contributed by atoms with Crippen LogP contribution in [0.1, 0.15) is 10.4 Å². The summed E-state index contributed by atoms with van der Waals surface area (Å²) in [5.74, 6) is 0.235. The SMILES string of the molecule is COCCNc1cncc(C(=O)Nc2cc(Cl)ccc2OC)c1. The highest BCUT2D eigenvalue weighted by Crippen LogP contribution is 2.28. The van der Waals surface area contributed by atoms with Crippen molar-refractivity contribution in [3.63, 3.8) is 0 Å². The molecular formula is C16H18ClN3O3. The smallest absolute Gasteiger partial charge is 0.257 e. The maximum absolute atomic E-state index is 12.4. The predicted octanol–water partition coefficient (Wildman–Crippen LogP) is 3.05. The first kappa shape index (κ1) is 17.1. The minimum Gasteiger partial charge on any atom is -0.495 e. The van der Waals surface area contributed by atoms with Crippen molar-refractivity contribution in [3.05, 3.63) is 47.2 Å². The summed E-state index contributed by atoms with van der Waals surface area (Å²) < 4.78 is 10.2. The zero-order valence-corrected chi connectivity index (χ0v) is 13.7. The zero-order chi connectivity index (χ0) is 16.7. The third-order valence-electron chi connectivity index (χ3n) is 3.05. The lowest BCUT2D eigenvalue weighted by molar-refractivity contribution is 0.102. The van der Waals surface area contributed by atoms with Crippen molar-refractivity contribution < 1.29 is 14.3 Å². The quantitative estimate of drug-likeness (QED) is 0.761. The number of methoxy groups -OCH3 is 2. The van der Waals surface area contributed by atoms with E-state index < -0.39 is 0 Å². The maximum Gasteiger partial charge on any atom is 0.257 e. The summed E-state index contributed by atoms with van der Waals surface area (Å²) in [6, 6.07) is 6.73. The third kappa shape index (κ3) is 4.84. The van der Waals surface area contributed by atoms with E-state index in [4.69, 9.17) is 21.1 Å². The number of aromatic nitrogens is 1. The molecule has 122 valence electrons. The number of rotatable bonds is 7. The summed E-state index contributed by atoms with van der Waals surface area (Å²) in [6.45, 7) is 1.20. The van der Waals surface area contributed by atoms with Gasteiger partial charge < -0.3 is 20.1 Å². The maximum atomic E-state index is 12.4. The second-order valence-corrected chi connectivity index (χ2v) is 5.12. The van der Waals surface area contributed by atoms with Crippen molar-refractivity contribution in [1.82, 2.24) is 4.98 Å². The van der Waals surface area contributed by atoms with E-state index in [-0.39, 0.29) is 5.91 Å². The van der Waals surface area contributed by atoms with E-state index in [2.05, 4.69) is 15.6 Å². The number of hydrogen-bond acceptors (Lipinski definition) is 5. The molecule has 2 rings (SSSR count). The summed E-state index contributed by atoms with van der Waals surface area (Å²) >= 11 is 5.96. The van der Waals surface area contributed by atoms with Crippen LogP contribution in [0, 0.1) is 0 Å². The van der Waals surface area contributed by atoms with Crippen LogP contribution in [-0.2, 0) is 4.74 Å². The molecule has 0 unspecified atom stereocenters. The van der Waals surface area contributed by atoms with Gasteiger partial charge in [-0.05, 0) is 24.3 Å². The second kappa shape index (κ2) is 8.36. The van der Waals surface area contributed by atoms with Crippen LogP contribution in [0.2, 0.25) is 5.02 Å². The number of amides is 1. The summed E-state index contributed by atoms with van der Waals surface area (Å²) in [5.41, 5.74) is 1.67. The molecule has 23 heavy (non-hydrogen) atoms.